The Morgan fingerprint density at radius 2 is 2.22 bits per heavy atom. The third-order valence-electron chi connectivity index (χ3n) is 2.41. The average Bonchev–Trinajstić information content (AvgIpc) is 2.78. The zero-order valence-electron chi connectivity index (χ0n) is 10.2. The maximum atomic E-state index is 12.1. The van der Waals surface area contributed by atoms with Gasteiger partial charge in [0.15, 0.2) is 5.76 Å². The molecule has 1 amide bonds. The molecule has 0 saturated carbocycles. The van der Waals surface area contributed by atoms with E-state index in [1.54, 1.807) is 0 Å². The highest BCUT2D eigenvalue weighted by atomic mass is 16.4. The first kappa shape index (κ1) is 13.8. The van der Waals surface area contributed by atoms with Crippen LogP contribution >= 0.6 is 0 Å². The van der Waals surface area contributed by atoms with Crippen molar-refractivity contribution in [3.63, 3.8) is 0 Å². The number of rotatable bonds is 5. The second-order valence-electron chi connectivity index (χ2n) is 4.01. The van der Waals surface area contributed by atoms with Gasteiger partial charge in [0.1, 0.15) is 6.26 Å². The summed E-state index contributed by atoms with van der Waals surface area (Å²) >= 11 is 0. The summed E-state index contributed by atoms with van der Waals surface area (Å²) in [6.45, 7) is 3.92. The van der Waals surface area contributed by atoms with Gasteiger partial charge in [-0.15, -0.1) is 0 Å². The zero-order chi connectivity index (χ0) is 13.7. The number of aromatic carboxylic acids is 1. The second kappa shape index (κ2) is 5.87. The molecule has 1 N–H and O–H groups in total. The summed E-state index contributed by atoms with van der Waals surface area (Å²) in [6.07, 6.45) is 1.24. The van der Waals surface area contributed by atoms with Crippen LogP contribution in [0.25, 0.3) is 0 Å². The predicted octanol–water partition coefficient (Wildman–Crippen LogP) is 1.74. The van der Waals surface area contributed by atoms with Gasteiger partial charge in [0, 0.05) is 18.7 Å². The Kier molecular flexibility index (Phi) is 4.49. The van der Waals surface area contributed by atoms with Crippen molar-refractivity contribution in [1.82, 2.24) is 4.90 Å². The lowest BCUT2D eigenvalue weighted by molar-refractivity contribution is 0.0674. The Morgan fingerprint density at radius 1 is 1.56 bits per heavy atom. The summed E-state index contributed by atoms with van der Waals surface area (Å²) in [6, 6.07) is 3.06. The number of carboxylic acids is 1. The quantitative estimate of drug-likeness (QED) is 0.858. The molecule has 0 aliphatic heterocycles. The number of amides is 1. The lowest BCUT2D eigenvalue weighted by Crippen LogP contribution is -2.37. The van der Waals surface area contributed by atoms with Crippen molar-refractivity contribution in [3.05, 3.63) is 23.7 Å². The molecule has 0 spiro atoms. The highest BCUT2D eigenvalue weighted by Crippen LogP contribution is 2.13. The molecule has 0 bridgehead atoms. The fraction of sp³-hybridized carbons (Fsp3) is 0.417. The van der Waals surface area contributed by atoms with E-state index in [0.29, 0.717) is 0 Å². The third-order valence-corrected chi connectivity index (χ3v) is 2.41. The van der Waals surface area contributed by atoms with Gasteiger partial charge < -0.3 is 14.4 Å². The van der Waals surface area contributed by atoms with Gasteiger partial charge in [0.05, 0.1) is 18.1 Å². The first-order valence-corrected chi connectivity index (χ1v) is 5.47. The van der Waals surface area contributed by atoms with Gasteiger partial charge in [-0.3, -0.25) is 4.79 Å². The van der Waals surface area contributed by atoms with Crippen LogP contribution in [0.3, 0.4) is 0 Å². The van der Waals surface area contributed by atoms with Gasteiger partial charge in [-0.05, 0) is 13.8 Å². The van der Waals surface area contributed by atoms with Crippen LogP contribution in [-0.4, -0.2) is 34.5 Å². The molecular formula is C12H14N2O4. The summed E-state index contributed by atoms with van der Waals surface area (Å²) in [5.74, 6) is -1.59. The van der Waals surface area contributed by atoms with Crippen LogP contribution in [0.5, 0.6) is 0 Å². The van der Waals surface area contributed by atoms with E-state index in [2.05, 4.69) is 0 Å². The molecule has 0 radical (unpaired) electrons. The molecule has 1 aromatic heterocycles. The second-order valence-corrected chi connectivity index (χ2v) is 4.01. The van der Waals surface area contributed by atoms with Gasteiger partial charge in [0.25, 0.3) is 5.91 Å². The topological polar surface area (TPSA) is 94.5 Å². The standard InChI is InChI=1S/C12H14N2O4/c1-8(2)14(5-3-4-13)11(15)10-6-9(7-18-10)12(16)17/h6-8H,3,5H2,1-2H3,(H,16,17). The molecule has 0 unspecified atom stereocenters. The van der Waals surface area contributed by atoms with Crippen molar-refractivity contribution in [2.45, 2.75) is 26.3 Å². The van der Waals surface area contributed by atoms with Crippen molar-refractivity contribution < 1.29 is 19.1 Å². The average molecular weight is 250 g/mol. The molecule has 18 heavy (non-hydrogen) atoms. The van der Waals surface area contributed by atoms with Crippen LogP contribution in [0.15, 0.2) is 16.7 Å². The summed E-state index contributed by atoms with van der Waals surface area (Å²) in [5, 5.41) is 17.3. The van der Waals surface area contributed by atoms with E-state index in [0.717, 1.165) is 6.26 Å². The maximum absolute atomic E-state index is 12.1. The van der Waals surface area contributed by atoms with Crippen LogP contribution in [0.2, 0.25) is 0 Å². The maximum Gasteiger partial charge on any atom is 0.338 e. The molecule has 1 heterocycles. The number of carboxylic acid groups (broad SMARTS) is 1. The molecule has 1 aromatic rings. The van der Waals surface area contributed by atoms with Gasteiger partial charge in [-0.25, -0.2) is 4.79 Å². The predicted molar refractivity (Wildman–Crippen MR) is 62.1 cm³/mol. The smallest absolute Gasteiger partial charge is 0.338 e. The number of carbonyl (C=O) groups excluding carboxylic acids is 1. The third kappa shape index (κ3) is 3.10. The SMILES string of the molecule is CC(C)N(CCC#N)C(=O)c1cc(C(=O)O)co1. The van der Waals surface area contributed by atoms with Crippen molar-refractivity contribution in [2.75, 3.05) is 6.54 Å². The monoisotopic (exact) mass is 250 g/mol. The summed E-state index contributed by atoms with van der Waals surface area (Å²) in [4.78, 5) is 24.2. The Labute approximate surface area is 104 Å². The Morgan fingerprint density at radius 3 is 2.67 bits per heavy atom. The molecule has 0 aliphatic carbocycles. The van der Waals surface area contributed by atoms with Gasteiger partial charge in [-0.2, -0.15) is 5.26 Å². The fourth-order valence-electron chi connectivity index (χ4n) is 1.47. The number of nitriles is 1. The minimum absolute atomic E-state index is 0.0287. The lowest BCUT2D eigenvalue weighted by Gasteiger charge is -2.24. The van der Waals surface area contributed by atoms with E-state index in [1.807, 2.05) is 19.9 Å². The van der Waals surface area contributed by atoms with E-state index < -0.39 is 11.9 Å². The first-order chi connectivity index (χ1) is 8.47. The van der Waals surface area contributed by atoms with E-state index in [-0.39, 0.29) is 30.3 Å². The van der Waals surface area contributed by atoms with Crippen molar-refractivity contribution in [2.24, 2.45) is 0 Å². The highest BCUT2D eigenvalue weighted by molar-refractivity contribution is 5.95. The fourth-order valence-corrected chi connectivity index (χ4v) is 1.47. The van der Waals surface area contributed by atoms with Crippen molar-refractivity contribution >= 4 is 11.9 Å². The normalized spacial score (nSPS) is 10.1. The molecule has 6 heteroatoms. The largest absolute Gasteiger partial charge is 0.478 e. The number of nitrogens with zero attached hydrogens (tertiary/aromatic N) is 2. The van der Waals surface area contributed by atoms with E-state index in [9.17, 15) is 9.59 Å². The Bertz CT molecular complexity index is 485. The minimum atomic E-state index is -1.15. The van der Waals surface area contributed by atoms with E-state index >= 15 is 0 Å². The molecule has 0 aromatic carbocycles. The van der Waals surface area contributed by atoms with Crippen LogP contribution in [0.1, 0.15) is 41.2 Å². The summed E-state index contributed by atoms with van der Waals surface area (Å²) in [7, 11) is 0. The molecule has 1 rings (SSSR count). The molecule has 0 atom stereocenters. The van der Waals surface area contributed by atoms with E-state index in [4.69, 9.17) is 14.8 Å². The molecule has 0 aliphatic rings. The first-order valence-electron chi connectivity index (χ1n) is 5.47. The van der Waals surface area contributed by atoms with Gasteiger partial charge >= 0.3 is 5.97 Å². The molecular weight excluding hydrogens is 236 g/mol. The van der Waals surface area contributed by atoms with E-state index in [1.165, 1.54) is 11.0 Å². The van der Waals surface area contributed by atoms with Crippen molar-refractivity contribution in [3.8, 4) is 6.07 Å². The molecule has 0 saturated heterocycles. The molecule has 96 valence electrons. The Hall–Kier alpha value is -2.29. The van der Waals surface area contributed by atoms with Crippen LogP contribution in [-0.2, 0) is 0 Å². The minimum Gasteiger partial charge on any atom is -0.478 e. The highest BCUT2D eigenvalue weighted by Gasteiger charge is 2.22. The van der Waals surface area contributed by atoms with Crippen LogP contribution in [0, 0.1) is 11.3 Å². The Balaban J connectivity index is 2.88. The van der Waals surface area contributed by atoms with Gasteiger partial charge in [0.2, 0.25) is 0 Å². The number of furan rings is 1. The zero-order valence-corrected chi connectivity index (χ0v) is 10.2. The number of hydrogen-bond donors (Lipinski definition) is 1. The lowest BCUT2D eigenvalue weighted by atomic mass is 10.2. The number of hydrogen-bond acceptors (Lipinski definition) is 4. The van der Waals surface area contributed by atoms with Gasteiger partial charge in [-0.1, -0.05) is 0 Å². The van der Waals surface area contributed by atoms with Crippen LogP contribution in [0.4, 0.5) is 0 Å². The molecule has 0 fully saturated rings. The van der Waals surface area contributed by atoms with Crippen molar-refractivity contribution in [1.29, 1.82) is 5.26 Å². The summed E-state index contributed by atoms with van der Waals surface area (Å²) < 4.78 is 4.94. The number of carbonyl (C=O) groups is 2. The molecule has 6 nitrogen and oxygen atoms in total. The summed E-state index contributed by atoms with van der Waals surface area (Å²) in [5.41, 5.74) is -0.0673. The van der Waals surface area contributed by atoms with Crippen LogP contribution < -0.4 is 0 Å².